The summed E-state index contributed by atoms with van der Waals surface area (Å²) in [5.41, 5.74) is 3.24. The topological polar surface area (TPSA) is 42.7 Å². The van der Waals surface area contributed by atoms with Crippen LogP contribution in [0.25, 0.3) is 0 Å². The van der Waals surface area contributed by atoms with Gasteiger partial charge in [-0.2, -0.15) is 5.10 Å². The molecule has 5 heteroatoms. The summed E-state index contributed by atoms with van der Waals surface area (Å²) in [5, 5.41) is 8.56. The second-order valence-electron chi connectivity index (χ2n) is 5.20. The first kappa shape index (κ1) is 15.0. The first-order valence-corrected chi connectivity index (χ1v) is 7.30. The maximum atomic E-state index is 6.37. The Bertz CT molecular complexity index is 577. The van der Waals surface area contributed by atoms with Crippen molar-refractivity contribution in [2.24, 2.45) is 0 Å². The smallest absolute Gasteiger partial charge is 0.0837 e. The molecule has 0 spiro atoms. The number of pyridine rings is 1. The van der Waals surface area contributed by atoms with E-state index in [2.05, 4.69) is 42.2 Å². The molecule has 2 aromatic rings. The quantitative estimate of drug-likeness (QED) is 0.917. The first-order valence-electron chi connectivity index (χ1n) is 6.92. The van der Waals surface area contributed by atoms with Crippen molar-refractivity contribution in [2.75, 3.05) is 6.54 Å². The second kappa shape index (κ2) is 6.37. The number of nitrogens with zero attached hydrogens (tertiary/aromatic N) is 3. The summed E-state index contributed by atoms with van der Waals surface area (Å²) < 4.78 is 1.97. The van der Waals surface area contributed by atoms with Crippen LogP contribution in [0, 0.1) is 6.92 Å². The van der Waals surface area contributed by atoms with Gasteiger partial charge in [0.2, 0.25) is 0 Å². The molecule has 1 unspecified atom stereocenters. The van der Waals surface area contributed by atoms with Gasteiger partial charge in [0.1, 0.15) is 0 Å². The minimum atomic E-state index is 0.00444. The van der Waals surface area contributed by atoms with E-state index < -0.39 is 0 Å². The van der Waals surface area contributed by atoms with Crippen LogP contribution < -0.4 is 5.32 Å². The SMILES string of the molecule is CCNC(c1cncc(C)c1)c1c(Cl)cnn1C(C)C. The molecule has 2 aromatic heterocycles. The van der Waals surface area contributed by atoms with E-state index in [0.29, 0.717) is 5.02 Å². The maximum absolute atomic E-state index is 6.37. The fraction of sp³-hybridized carbons (Fsp3) is 0.467. The van der Waals surface area contributed by atoms with Crippen LogP contribution in [0.2, 0.25) is 5.02 Å². The van der Waals surface area contributed by atoms with Gasteiger partial charge in [-0.1, -0.05) is 24.6 Å². The molecule has 108 valence electrons. The van der Waals surface area contributed by atoms with Gasteiger partial charge in [-0.15, -0.1) is 0 Å². The van der Waals surface area contributed by atoms with Gasteiger partial charge in [0.25, 0.3) is 0 Å². The van der Waals surface area contributed by atoms with Gasteiger partial charge in [0, 0.05) is 18.4 Å². The Hall–Kier alpha value is -1.39. The van der Waals surface area contributed by atoms with Gasteiger partial charge < -0.3 is 5.32 Å². The van der Waals surface area contributed by atoms with E-state index in [-0.39, 0.29) is 12.1 Å². The highest BCUT2D eigenvalue weighted by molar-refractivity contribution is 6.31. The van der Waals surface area contributed by atoms with Crippen LogP contribution >= 0.6 is 11.6 Å². The van der Waals surface area contributed by atoms with Crippen LogP contribution in [0.15, 0.2) is 24.7 Å². The maximum Gasteiger partial charge on any atom is 0.0837 e. The number of nitrogens with one attached hydrogen (secondary N) is 1. The predicted molar refractivity (Wildman–Crippen MR) is 82.1 cm³/mol. The molecule has 0 bridgehead atoms. The minimum absolute atomic E-state index is 0.00444. The van der Waals surface area contributed by atoms with Crippen molar-refractivity contribution in [3.8, 4) is 0 Å². The molecule has 0 saturated carbocycles. The van der Waals surface area contributed by atoms with E-state index in [1.54, 1.807) is 6.20 Å². The molecule has 2 rings (SSSR count). The van der Waals surface area contributed by atoms with Gasteiger partial charge in [0.15, 0.2) is 0 Å². The molecule has 0 amide bonds. The monoisotopic (exact) mass is 292 g/mol. The number of hydrogen-bond acceptors (Lipinski definition) is 3. The zero-order valence-electron chi connectivity index (χ0n) is 12.4. The Morgan fingerprint density at radius 2 is 2.05 bits per heavy atom. The van der Waals surface area contributed by atoms with Crippen LogP contribution in [0.4, 0.5) is 0 Å². The summed E-state index contributed by atoms with van der Waals surface area (Å²) in [6.07, 6.45) is 5.45. The molecule has 0 aliphatic heterocycles. The minimum Gasteiger partial charge on any atom is -0.305 e. The number of hydrogen-bond donors (Lipinski definition) is 1. The lowest BCUT2D eigenvalue weighted by molar-refractivity contribution is 0.476. The Kier molecular flexibility index (Phi) is 4.78. The van der Waals surface area contributed by atoms with Crippen molar-refractivity contribution >= 4 is 11.6 Å². The number of halogens is 1. The average Bonchev–Trinajstić information content (AvgIpc) is 2.78. The Labute approximate surface area is 125 Å². The van der Waals surface area contributed by atoms with Crippen molar-refractivity contribution in [1.29, 1.82) is 0 Å². The third-order valence-electron chi connectivity index (χ3n) is 3.19. The number of aryl methyl sites for hydroxylation is 1. The van der Waals surface area contributed by atoms with E-state index in [4.69, 9.17) is 11.6 Å². The summed E-state index contributed by atoms with van der Waals surface area (Å²) in [6.45, 7) is 9.17. The van der Waals surface area contributed by atoms with Crippen LogP contribution in [-0.4, -0.2) is 21.3 Å². The van der Waals surface area contributed by atoms with E-state index in [0.717, 1.165) is 23.4 Å². The number of rotatable bonds is 5. The van der Waals surface area contributed by atoms with Crippen LogP contribution in [-0.2, 0) is 0 Å². The largest absolute Gasteiger partial charge is 0.305 e. The van der Waals surface area contributed by atoms with Crippen molar-refractivity contribution in [1.82, 2.24) is 20.1 Å². The van der Waals surface area contributed by atoms with Crippen LogP contribution in [0.3, 0.4) is 0 Å². The Morgan fingerprint density at radius 3 is 2.65 bits per heavy atom. The summed E-state index contributed by atoms with van der Waals surface area (Å²) in [5.74, 6) is 0. The molecule has 0 aliphatic carbocycles. The first-order chi connectivity index (χ1) is 9.54. The summed E-state index contributed by atoms with van der Waals surface area (Å²) in [4.78, 5) is 4.29. The molecular weight excluding hydrogens is 272 g/mol. The predicted octanol–water partition coefficient (Wildman–Crippen LogP) is 3.52. The fourth-order valence-electron chi connectivity index (χ4n) is 2.35. The van der Waals surface area contributed by atoms with E-state index in [1.807, 2.05) is 24.0 Å². The molecule has 20 heavy (non-hydrogen) atoms. The lowest BCUT2D eigenvalue weighted by atomic mass is 10.0. The van der Waals surface area contributed by atoms with Crippen LogP contribution in [0.1, 0.15) is 49.7 Å². The molecule has 2 heterocycles. The highest BCUT2D eigenvalue weighted by Gasteiger charge is 2.23. The average molecular weight is 293 g/mol. The van der Waals surface area contributed by atoms with E-state index >= 15 is 0 Å². The number of aromatic nitrogens is 3. The van der Waals surface area contributed by atoms with Gasteiger partial charge in [-0.25, -0.2) is 0 Å². The molecular formula is C15H21ClN4. The molecule has 4 nitrogen and oxygen atoms in total. The highest BCUT2D eigenvalue weighted by Crippen LogP contribution is 2.30. The molecule has 0 fully saturated rings. The van der Waals surface area contributed by atoms with E-state index in [1.165, 1.54) is 0 Å². The fourth-order valence-corrected chi connectivity index (χ4v) is 2.58. The van der Waals surface area contributed by atoms with E-state index in [9.17, 15) is 0 Å². The third-order valence-corrected chi connectivity index (χ3v) is 3.48. The molecule has 1 N–H and O–H groups in total. The van der Waals surface area contributed by atoms with Gasteiger partial charge in [0.05, 0.1) is 23.0 Å². The molecule has 0 aliphatic rings. The summed E-state index contributed by atoms with van der Waals surface area (Å²) in [6, 6.07) is 2.40. The second-order valence-corrected chi connectivity index (χ2v) is 5.61. The van der Waals surface area contributed by atoms with Gasteiger partial charge in [-0.3, -0.25) is 9.67 Å². The standard InChI is InChI=1S/C15H21ClN4/c1-5-18-14(12-6-11(4)7-17-8-12)15-13(16)9-19-20(15)10(2)3/h6-10,14,18H,5H2,1-4H3. The molecule has 1 atom stereocenters. The van der Waals surface area contributed by atoms with Gasteiger partial charge >= 0.3 is 0 Å². The van der Waals surface area contributed by atoms with Crippen LogP contribution in [0.5, 0.6) is 0 Å². The molecule has 0 radical (unpaired) electrons. The van der Waals surface area contributed by atoms with Crippen molar-refractivity contribution < 1.29 is 0 Å². The highest BCUT2D eigenvalue weighted by atomic mass is 35.5. The molecule has 0 saturated heterocycles. The lowest BCUT2D eigenvalue weighted by Gasteiger charge is -2.22. The Balaban J connectivity index is 2.51. The normalized spacial score (nSPS) is 12.9. The van der Waals surface area contributed by atoms with Crippen molar-refractivity contribution in [3.63, 3.8) is 0 Å². The Morgan fingerprint density at radius 1 is 1.30 bits per heavy atom. The summed E-state index contributed by atoms with van der Waals surface area (Å²) in [7, 11) is 0. The van der Waals surface area contributed by atoms with Gasteiger partial charge in [-0.05, 0) is 38.4 Å². The summed E-state index contributed by atoms with van der Waals surface area (Å²) >= 11 is 6.37. The molecule has 0 aromatic carbocycles. The lowest BCUT2D eigenvalue weighted by Crippen LogP contribution is -2.26. The van der Waals surface area contributed by atoms with Crippen molar-refractivity contribution in [2.45, 2.75) is 39.8 Å². The zero-order valence-corrected chi connectivity index (χ0v) is 13.1. The third kappa shape index (κ3) is 3.02. The zero-order chi connectivity index (χ0) is 14.7. The van der Waals surface area contributed by atoms with Crippen molar-refractivity contribution in [3.05, 3.63) is 46.5 Å².